The zero-order valence-electron chi connectivity index (χ0n) is 17.3. The SMILES string of the molecule is COC(=O)C(Oc1ccccc1)(C(C)=O)N1CCN(c2cc(C)nc(C)c2)CC1. The van der Waals surface area contributed by atoms with Crippen molar-refractivity contribution in [2.75, 3.05) is 38.2 Å². The topological polar surface area (TPSA) is 72.0 Å². The molecule has 2 aromatic rings. The van der Waals surface area contributed by atoms with Crippen LogP contribution in [0.1, 0.15) is 18.3 Å². The Kier molecular flexibility index (Phi) is 6.17. The lowest BCUT2D eigenvalue weighted by atomic mass is 10.0. The van der Waals surface area contributed by atoms with Gasteiger partial charge >= 0.3 is 11.7 Å². The third-order valence-electron chi connectivity index (χ3n) is 5.10. The molecule has 0 bridgehead atoms. The van der Waals surface area contributed by atoms with E-state index in [-0.39, 0.29) is 0 Å². The molecule has 7 heteroatoms. The van der Waals surface area contributed by atoms with Crippen LogP contribution in [0.4, 0.5) is 5.69 Å². The van der Waals surface area contributed by atoms with Crippen molar-refractivity contribution in [3.8, 4) is 5.75 Å². The lowest BCUT2D eigenvalue weighted by molar-refractivity contribution is -0.184. The molecule has 1 aromatic heterocycles. The summed E-state index contributed by atoms with van der Waals surface area (Å²) in [4.78, 5) is 33.9. The number of aryl methyl sites for hydroxylation is 2. The molecule has 3 rings (SSSR count). The fourth-order valence-electron chi connectivity index (χ4n) is 3.75. The van der Waals surface area contributed by atoms with Crippen LogP contribution in [0.3, 0.4) is 0 Å². The van der Waals surface area contributed by atoms with Gasteiger partial charge in [-0.1, -0.05) is 18.2 Å². The molecule has 154 valence electrons. The third-order valence-corrected chi connectivity index (χ3v) is 5.10. The van der Waals surface area contributed by atoms with Crippen LogP contribution in [-0.4, -0.2) is 60.7 Å². The number of nitrogens with zero attached hydrogens (tertiary/aromatic N) is 3. The molecule has 0 amide bonds. The molecule has 1 atom stereocenters. The normalized spacial score (nSPS) is 16.8. The number of hydrogen-bond acceptors (Lipinski definition) is 7. The number of ketones is 1. The quantitative estimate of drug-likeness (QED) is 0.547. The molecular formula is C22H27N3O4. The minimum absolute atomic E-state index is 0.405. The average molecular weight is 397 g/mol. The van der Waals surface area contributed by atoms with Crippen molar-refractivity contribution in [1.29, 1.82) is 0 Å². The van der Waals surface area contributed by atoms with Gasteiger partial charge in [-0.2, -0.15) is 0 Å². The van der Waals surface area contributed by atoms with Gasteiger partial charge in [0.25, 0.3) is 0 Å². The summed E-state index contributed by atoms with van der Waals surface area (Å²) in [6.07, 6.45) is 0. The molecule has 0 saturated carbocycles. The molecule has 0 spiro atoms. The van der Waals surface area contributed by atoms with Crippen LogP contribution in [0.25, 0.3) is 0 Å². The van der Waals surface area contributed by atoms with Crippen molar-refractivity contribution in [2.24, 2.45) is 0 Å². The monoisotopic (exact) mass is 397 g/mol. The zero-order valence-corrected chi connectivity index (χ0v) is 17.3. The van der Waals surface area contributed by atoms with E-state index in [1.165, 1.54) is 14.0 Å². The number of Topliss-reactive ketones (excluding diaryl/α,β-unsaturated/α-hetero) is 1. The number of carbonyl (C=O) groups is 2. The van der Waals surface area contributed by atoms with E-state index >= 15 is 0 Å². The Bertz CT molecular complexity index is 859. The van der Waals surface area contributed by atoms with Crippen molar-refractivity contribution in [1.82, 2.24) is 9.88 Å². The molecule has 0 aliphatic carbocycles. The molecular weight excluding hydrogens is 370 g/mol. The van der Waals surface area contributed by atoms with Gasteiger partial charge in [-0.05, 0) is 38.1 Å². The number of carbonyl (C=O) groups excluding carboxylic acids is 2. The highest BCUT2D eigenvalue weighted by atomic mass is 16.6. The Morgan fingerprint density at radius 3 is 2.10 bits per heavy atom. The largest absolute Gasteiger partial charge is 0.465 e. The summed E-state index contributed by atoms with van der Waals surface area (Å²) in [6.45, 7) is 7.54. The highest BCUT2D eigenvalue weighted by molar-refractivity contribution is 6.06. The van der Waals surface area contributed by atoms with Crippen LogP contribution in [0.15, 0.2) is 42.5 Å². The second-order valence-electron chi connectivity index (χ2n) is 7.19. The molecule has 1 saturated heterocycles. The van der Waals surface area contributed by atoms with E-state index in [9.17, 15) is 9.59 Å². The lowest BCUT2D eigenvalue weighted by Gasteiger charge is -2.44. The first-order chi connectivity index (χ1) is 13.9. The molecule has 2 heterocycles. The van der Waals surface area contributed by atoms with Crippen molar-refractivity contribution < 1.29 is 19.1 Å². The Labute approximate surface area is 171 Å². The predicted molar refractivity (Wildman–Crippen MR) is 110 cm³/mol. The second kappa shape index (κ2) is 8.61. The molecule has 0 radical (unpaired) electrons. The first-order valence-corrected chi connectivity index (χ1v) is 9.65. The van der Waals surface area contributed by atoms with Gasteiger partial charge in [0.2, 0.25) is 5.78 Å². The summed E-state index contributed by atoms with van der Waals surface area (Å²) in [7, 11) is 1.27. The number of pyridine rings is 1. The van der Waals surface area contributed by atoms with E-state index in [1.807, 2.05) is 32.0 Å². The van der Waals surface area contributed by atoms with E-state index in [0.717, 1.165) is 17.1 Å². The summed E-state index contributed by atoms with van der Waals surface area (Å²) in [5, 5.41) is 0. The van der Waals surface area contributed by atoms with E-state index in [1.54, 1.807) is 29.2 Å². The number of rotatable bonds is 6. The standard InChI is InChI=1S/C22H27N3O4/c1-16-14-19(15-17(2)23-16)24-10-12-25(13-11-24)22(18(3)26,21(27)28-4)29-20-8-6-5-7-9-20/h5-9,14-15H,10-13H2,1-4H3. The van der Waals surface area contributed by atoms with Gasteiger partial charge in [-0.25, -0.2) is 9.69 Å². The number of piperazine rings is 1. The maximum atomic E-state index is 12.8. The number of benzene rings is 1. The zero-order chi connectivity index (χ0) is 21.0. The molecule has 0 N–H and O–H groups in total. The van der Waals surface area contributed by atoms with Gasteiger partial charge in [0.05, 0.1) is 7.11 Å². The fourth-order valence-corrected chi connectivity index (χ4v) is 3.75. The van der Waals surface area contributed by atoms with Crippen molar-refractivity contribution in [2.45, 2.75) is 26.5 Å². The van der Waals surface area contributed by atoms with Crippen LogP contribution in [0, 0.1) is 13.8 Å². The minimum atomic E-state index is -1.80. The summed E-state index contributed by atoms with van der Waals surface area (Å²) >= 11 is 0. The van der Waals surface area contributed by atoms with Gasteiger partial charge in [-0.3, -0.25) is 9.78 Å². The van der Waals surface area contributed by atoms with Gasteiger partial charge in [0.15, 0.2) is 0 Å². The fraction of sp³-hybridized carbons (Fsp3) is 0.409. The molecule has 1 unspecified atom stereocenters. The Hall–Kier alpha value is -2.93. The molecule has 1 aliphatic heterocycles. The van der Waals surface area contributed by atoms with Crippen LogP contribution in [-0.2, 0) is 14.3 Å². The second-order valence-corrected chi connectivity index (χ2v) is 7.19. The number of aromatic nitrogens is 1. The number of hydrogen-bond donors (Lipinski definition) is 0. The highest BCUT2D eigenvalue weighted by Crippen LogP contribution is 2.28. The van der Waals surface area contributed by atoms with Crippen LogP contribution in [0.5, 0.6) is 5.75 Å². The predicted octanol–water partition coefficient (Wildman–Crippen LogP) is 2.36. The number of ether oxygens (including phenoxy) is 2. The van der Waals surface area contributed by atoms with Gasteiger partial charge in [0, 0.05) is 50.2 Å². The third kappa shape index (κ3) is 4.24. The van der Waals surface area contributed by atoms with Crippen LogP contribution in [0.2, 0.25) is 0 Å². The van der Waals surface area contributed by atoms with Gasteiger partial charge in [0.1, 0.15) is 5.75 Å². The van der Waals surface area contributed by atoms with E-state index in [0.29, 0.717) is 31.9 Å². The number of esters is 1. The minimum Gasteiger partial charge on any atom is -0.465 e. The lowest BCUT2D eigenvalue weighted by Crippen LogP contribution is -2.67. The Balaban J connectivity index is 1.86. The van der Waals surface area contributed by atoms with Gasteiger partial charge in [-0.15, -0.1) is 0 Å². The van der Waals surface area contributed by atoms with Crippen LogP contribution < -0.4 is 9.64 Å². The van der Waals surface area contributed by atoms with Crippen LogP contribution >= 0.6 is 0 Å². The molecule has 29 heavy (non-hydrogen) atoms. The Morgan fingerprint density at radius 2 is 1.59 bits per heavy atom. The van der Waals surface area contributed by atoms with E-state index < -0.39 is 17.5 Å². The highest BCUT2D eigenvalue weighted by Gasteiger charge is 2.53. The van der Waals surface area contributed by atoms with Crippen molar-refractivity contribution in [3.63, 3.8) is 0 Å². The molecule has 7 nitrogen and oxygen atoms in total. The average Bonchev–Trinajstić information content (AvgIpc) is 2.71. The molecule has 1 fully saturated rings. The summed E-state index contributed by atoms with van der Waals surface area (Å²) in [6, 6.07) is 13.0. The maximum absolute atomic E-state index is 12.8. The smallest absolute Gasteiger partial charge is 0.374 e. The summed E-state index contributed by atoms with van der Waals surface area (Å²) < 4.78 is 11.0. The molecule has 1 aromatic carbocycles. The van der Waals surface area contributed by atoms with Gasteiger partial charge < -0.3 is 14.4 Å². The number of methoxy groups -OCH3 is 1. The molecule has 1 aliphatic rings. The first kappa shape index (κ1) is 20.8. The first-order valence-electron chi connectivity index (χ1n) is 9.65. The maximum Gasteiger partial charge on any atom is 0.374 e. The van der Waals surface area contributed by atoms with Crippen molar-refractivity contribution in [3.05, 3.63) is 53.9 Å². The number of anilines is 1. The van der Waals surface area contributed by atoms with E-state index in [2.05, 4.69) is 9.88 Å². The number of para-hydroxylation sites is 1. The summed E-state index contributed by atoms with van der Waals surface area (Å²) in [5.41, 5.74) is 1.21. The van der Waals surface area contributed by atoms with E-state index in [4.69, 9.17) is 9.47 Å². The Morgan fingerprint density at radius 1 is 1.00 bits per heavy atom. The summed E-state index contributed by atoms with van der Waals surface area (Å²) in [5.74, 6) is -0.675. The van der Waals surface area contributed by atoms with Crippen molar-refractivity contribution >= 4 is 17.4 Å².